The largest absolute Gasteiger partial charge is 0.248 e. The Labute approximate surface area is 165 Å². The van der Waals surface area contributed by atoms with Crippen LogP contribution in [0.1, 0.15) is 5.56 Å². The molecule has 0 saturated carbocycles. The zero-order valence-electron chi connectivity index (χ0n) is 12.7. The van der Waals surface area contributed by atoms with Gasteiger partial charge in [-0.2, -0.15) is 5.26 Å². The predicted molar refractivity (Wildman–Crippen MR) is 104 cm³/mol. The van der Waals surface area contributed by atoms with Gasteiger partial charge in [0.25, 0.3) is 0 Å². The molecule has 1 aromatic heterocycles. The number of pyridine rings is 1. The molecule has 0 N–H and O–H groups in total. The predicted octanol–water partition coefficient (Wildman–Crippen LogP) is 7.10. The molecule has 0 unspecified atom stereocenters. The van der Waals surface area contributed by atoms with Gasteiger partial charge in [0.05, 0.1) is 44.0 Å². The normalized spacial score (nSPS) is 10.5. The first-order chi connectivity index (χ1) is 12.0. The second kappa shape index (κ2) is 7.64. The maximum absolute atomic E-state index is 9.06. The number of rotatable bonds is 3. The number of aromatic nitrogens is 1. The lowest BCUT2D eigenvalue weighted by atomic mass is 10.0. The van der Waals surface area contributed by atoms with E-state index in [1.807, 2.05) is 24.3 Å². The summed E-state index contributed by atoms with van der Waals surface area (Å²) in [6, 6.07) is 16.5. The van der Waals surface area contributed by atoms with Gasteiger partial charge in [-0.1, -0.05) is 58.5 Å². The summed E-state index contributed by atoms with van der Waals surface area (Å²) in [7, 11) is 0. The highest BCUT2D eigenvalue weighted by Crippen LogP contribution is 2.32. The Morgan fingerprint density at radius 3 is 1.60 bits per heavy atom. The highest BCUT2D eigenvalue weighted by atomic mass is 35.5. The molecule has 6 heteroatoms. The molecule has 0 radical (unpaired) electrons. The van der Waals surface area contributed by atoms with Gasteiger partial charge in [0.1, 0.15) is 0 Å². The van der Waals surface area contributed by atoms with Crippen molar-refractivity contribution in [1.29, 1.82) is 5.26 Å². The summed E-state index contributed by atoms with van der Waals surface area (Å²) in [6.07, 6.45) is 0.269. The first-order valence-electron chi connectivity index (χ1n) is 7.26. The van der Waals surface area contributed by atoms with E-state index >= 15 is 0 Å². The Hall–Kier alpha value is -1.76. The second-order valence-electron chi connectivity index (χ2n) is 5.34. The van der Waals surface area contributed by atoms with Crippen LogP contribution in [0.5, 0.6) is 0 Å². The smallest absolute Gasteiger partial charge is 0.0713 e. The van der Waals surface area contributed by atoms with Crippen molar-refractivity contribution in [2.24, 2.45) is 0 Å². The fraction of sp³-hybridized carbons (Fsp3) is 0.0526. The summed E-state index contributed by atoms with van der Waals surface area (Å²) < 4.78 is 0. The molecule has 0 aliphatic rings. The molecule has 0 aliphatic heterocycles. The van der Waals surface area contributed by atoms with Crippen LogP contribution < -0.4 is 0 Å². The SMILES string of the molecule is N#CCc1cc(-c2ccc(Cl)c(Cl)c2)nc(-c2ccc(Cl)c(Cl)c2)c1. The Balaban J connectivity index is 2.16. The Morgan fingerprint density at radius 1 is 0.720 bits per heavy atom. The number of hydrogen-bond acceptors (Lipinski definition) is 2. The van der Waals surface area contributed by atoms with Crippen LogP contribution in [-0.4, -0.2) is 4.98 Å². The van der Waals surface area contributed by atoms with E-state index in [4.69, 9.17) is 51.7 Å². The van der Waals surface area contributed by atoms with E-state index in [9.17, 15) is 0 Å². The highest BCUT2D eigenvalue weighted by Gasteiger charge is 2.10. The minimum absolute atomic E-state index is 0.269. The standard InChI is InChI=1S/C19H10Cl4N2/c20-14-3-1-12(9-16(14)22)18-7-11(5-6-24)8-19(25-18)13-2-4-15(21)17(23)10-13/h1-4,7-10H,5H2. The van der Waals surface area contributed by atoms with E-state index in [0.717, 1.165) is 16.7 Å². The molecule has 0 saturated heterocycles. The number of nitrogens with zero attached hydrogens (tertiary/aromatic N) is 2. The number of hydrogen-bond donors (Lipinski definition) is 0. The molecule has 0 spiro atoms. The molecule has 1 heterocycles. The molecular weight excluding hydrogens is 398 g/mol. The van der Waals surface area contributed by atoms with Gasteiger partial charge >= 0.3 is 0 Å². The molecule has 0 aliphatic carbocycles. The van der Waals surface area contributed by atoms with Crippen LogP contribution in [0.4, 0.5) is 0 Å². The van der Waals surface area contributed by atoms with Gasteiger partial charge in [0.15, 0.2) is 0 Å². The summed E-state index contributed by atoms with van der Waals surface area (Å²) in [5, 5.41) is 10.9. The monoisotopic (exact) mass is 406 g/mol. The van der Waals surface area contributed by atoms with Crippen LogP contribution >= 0.6 is 46.4 Å². The van der Waals surface area contributed by atoms with Crippen molar-refractivity contribution < 1.29 is 0 Å². The van der Waals surface area contributed by atoms with E-state index in [1.165, 1.54) is 0 Å². The molecule has 0 bridgehead atoms. The van der Waals surface area contributed by atoms with Gasteiger partial charge < -0.3 is 0 Å². The Morgan fingerprint density at radius 2 is 1.20 bits per heavy atom. The third-order valence-electron chi connectivity index (χ3n) is 3.60. The van der Waals surface area contributed by atoms with Gasteiger partial charge in [0, 0.05) is 11.1 Å². The van der Waals surface area contributed by atoms with Crippen LogP contribution in [0.3, 0.4) is 0 Å². The number of nitriles is 1. The van der Waals surface area contributed by atoms with E-state index in [2.05, 4.69) is 11.1 Å². The van der Waals surface area contributed by atoms with Gasteiger partial charge in [-0.25, -0.2) is 4.98 Å². The van der Waals surface area contributed by atoms with Gasteiger partial charge in [0.2, 0.25) is 0 Å². The third-order valence-corrected chi connectivity index (χ3v) is 5.08. The van der Waals surface area contributed by atoms with E-state index in [0.29, 0.717) is 31.5 Å². The molecule has 0 amide bonds. The lowest BCUT2D eigenvalue weighted by molar-refractivity contribution is 1.22. The molecule has 0 atom stereocenters. The van der Waals surface area contributed by atoms with Crippen molar-refractivity contribution in [2.75, 3.05) is 0 Å². The lowest BCUT2D eigenvalue weighted by Crippen LogP contribution is -1.93. The summed E-state index contributed by atoms with van der Waals surface area (Å²) in [6.45, 7) is 0. The van der Waals surface area contributed by atoms with Gasteiger partial charge in [-0.05, 0) is 42.0 Å². The topological polar surface area (TPSA) is 36.7 Å². The third kappa shape index (κ3) is 4.08. The fourth-order valence-corrected chi connectivity index (χ4v) is 2.98. The molecule has 124 valence electrons. The average molecular weight is 408 g/mol. The van der Waals surface area contributed by atoms with Crippen molar-refractivity contribution in [1.82, 2.24) is 4.98 Å². The molecule has 3 rings (SSSR count). The lowest BCUT2D eigenvalue weighted by Gasteiger charge is -2.10. The van der Waals surface area contributed by atoms with E-state index in [1.54, 1.807) is 24.3 Å². The van der Waals surface area contributed by atoms with Gasteiger partial charge in [-0.3, -0.25) is 0 Å². The number of halogens is 4. The van der Waals surface area contributed by atoms with Crippen molar-refractivity contribution in [3.8, 4) is 28.6 Å². The highest BCUT2D eigenvalue weighted by molar-refractivity contribution is 6.42. The van der Waals surface area contributed by atoms with Crippen LogP contribution in [0.25, 0.3) is 22.5 Å². The maximum atomic E-state index is 9.06. The molecule has 2 aromatic carbocycles. The first kappa shape index (κ1) is 18.0. The second-order valence-corrected chi connectivity index (χ2v) is 6.97. The zero-order chi connectivity index (χ0) is 18.0. The van der Waals surface area contributed by atoms with E-state index < -0.39 is 0 Å². The Kier molecular flexibility index (Phi) is 5.51. The van der Waals surface area contributed by atoms with Crippen LogP contribution in [0, 0.1) is 11.3 Å². The first-order valence-corrected chi connectivity index (χ1v) is 8.78. The van der Waals surface area contributed by atoms with Crippen LogP contribution in [0.15, 0.2) is 48.5 Å². The fourth-order valence-electron chi connectivity index (χ4n) is 2.39. The van der Waals surface area contributed by atoms with Crippen molar-refractivity contribution in [3.05, 3.63) is 74.2 Å². The molecular formula is C19H10Cl4N2. The summed E-state index contributed by atoms with van der Waals surface area (Å²) in [5.74, 6) is 0. The zero-order valence-corrected chi connectivity index (χ0v) is 15.8. The molecule has 0 fully saturated rings. The van der Waals surface area contributed by atoms with Crippen LogP contribution in [0.2, 0.25) is 20.1 Å². The van der Waals surface area contributed by atoms with Gasteiger partial charge in [-0.15, -0.1) is 0 Å². The summed E-state index contributed by atoms with van der Waals surface area (Å²) >= 11 is 24.2. The average Bonchev–Trinajstić information content (AvgIpc) is 2.60. The summed E-state index contributed by atoms with van der Waals surface area (Å²) in [5.41, 5.74) is 3.88. The Bertz CT molecular complexity index is 923. The van der Waals surface area contributed by atoms with E-state index in [-0.39, 0.29) is 6.42 Å². The molecule has 25 heavy (non-hydrogen) atoms. The molecule has 3 aromatic rings. The van der Waals surface area contributed by atoms with Crippen molar-refractivity contribution >= 4 is 46.4 Å². The minimum Gasteiger partial charge on any atom is -0.248 e. The van der Waals surface area contributed by atoms with Crippen molar-refractivity contribution in [2.45, 2.75) is 6.42 Å². The molecule has 2 nitrogen and oxygen atoms in total. The summed E-state index contributed by atoms with van der Waals surface area (Å²) in [4.78, 5) is 4.68. The van der Waals surface area contributed by atoms with Crippen molar-refractivity contribution in [3.63, 3.8) is 0 Å². The number of benzene rings is 2. The minimum atomic E-state index is 0.269. The maximum Gasteiger partial charge on any atom is 0.0713 e. The quantitative estimate of drug-likeness (QED) is 0.464. The van der Waals surface area contributed by atoms with Crippen LogP contribution in [-0.2, 0) is 6.42 Å².